The van der Waals surface area contributed by atoms with Crippen LogP contribution in [-0.2, 0) is 6.42 Å². The molecule has 0 aliphatic carbocycles. The van der Waals surface area contributed by atoms with E-state index in [-0.39, 0.29) is 22.9 Å². The summed E-state index contributed by atoms with van der Waals surface area (Å²) >= 11 is 0. The largest absolute Gasteiger partial charge is 0.493 e. The van der Waals surface area contributed by atoms with E-state index in [1.54, 1.807) is 24.4 Å². The van der Waals surface area contributed by atoms with Crippen LogP contribution in [0.3, 0.4) is 0 Å². The molecule has 0 saturated heterocycles. The topological polar surface area (TPSA) is 90.2 Å². The van der Waals surface area contributed by atoms with E-state index >= 15 is 0 Å². The first kappa shape index (κ1) is 19.0. The summed E-state index contributed by atoms with van der Waals surface area (Å²) in [6.45, 7) is 0. The van der Waals surface area contributed by atoms with E-state index in [1.165, 1.54) is 20.3 Å². The molecule has 31 heavy (non-hydrogen) atoms. The van der Waals surface area contributed by atoms with Crippen LogP contribution in [0.25, 0.3) is 33.0 Å². The van der Waals surface area contributed by atoms with Gasteiger partial charge in [-0.3, -0.25) is 9.78 Å². The summed E-state index contributed by atoms with van der Waals surface area (Å²) in [6, 6.07) is 6.81. The Bertz CT molecular complexity index is 1540. The molecular weight excluding hydrogens is 408 g/mol. The van der Waals surface area contributed by atoms with Crippen molar-refractivity contribution in [2.24, 2.45) is 0 Å². The van der Waals surface area contributed by atoms with Crippen LogP contribution < -0.4 is 15.0 Å². The van der Waals surface area contributed by atoms with Crippen LogP contribution in [0.2, 0.25) is 0 Å². The van der Waals surface area contributed by atoms with E-state index in [4.69, 9.17) is 13.9 Å². The van der Waals surface area contributed by atoms with Gasteiger partial charge in [-0.2, -0.15) is 0 Å². The normalized spacial score (nSPS) is 11.5. The molecule has 0 fully saturated rings. The van der Waals surface area contributed by atoms with E-state index in [1.807, 2.05) is 0 Å². The summed E-state index contributed by atoms with van der Waals surface area (Å²) in [5.41, 5.74) is 1.42. The zero-order chi connectivity index (χ0) is 21.7. The Labute approximate surface area is 173 Å². The lowest BCUT2D eigenvalue weighted by Crippen LogP contribution is -2.12. The van der Waals surface area contributed by atoms with Crippen molar-refractivity contribution in [2.45, 2.75) is 6.42 Å². The number of benzene rings is 2. The fourth-order valence-electron chi connectivity index (χ4n) is 3.60. The molecule has 0 aliphatic heterocycles. The molecule has 0 bridgehead atoms. The third kappa shape index (κ3) is 3.14. The number of hydrogen-bond acceptors (Lipinski definition) is 6. The lowest BCUT2D eigenvalue weighted by atomic mass is 10.1. The van der Waals surface area contributed by atoms with Crippen molar-refractivity contribution in [3.8, 4) is 11.5 Å². The van der Waals surface area contributed by atoms with Crippen LogP contribution in [-0.4, -0.2) is 29.2 Å². The third-order valence-electron chi connectivity index (χ3n) is 5.02. The molecule has 9 heteroatoms. The van der Waals surface area contributed by atoms with Crippen molar-refractivity contribution in [3.63, 3.8) is 0 Å². The number of pyridine rings is 1. The van der Waals surface area contributed by atoms with Gasteiger partial charge in [0.2, 0.25) is 0 Å². The second kappa shape index (κ2) is 7.05. The first-order valence-corrected chi connectivity index (χ1v) is 9.28. The Balaban J connectivity index is 1.58. The molecule has 0 saturated carbocycles. The first-order valence-electron chi connectivity index (χ1n) is 9.28. The summed E-state index contributed by atoms with van der Waals surface area (Å²) in [5.74, 6) is -0.209. The maximum absolute atomic E-state index is 14.0. The summed E-state index contributed by atoms with van der Waals surface area (Å²) in [6.07, 6.45) is 1.80. The van der Waals surface area contributed by atoms with Gasteiger partial charge < -0.3 is 18.9 Å². The molecule has 2 aromatic carbocycles. The fraction of sp³-hybridized carbons (Fsp3) is 0.136. The zero-order valence-corrected chi connectivity index (χ0v) is 16.5. The molecule has 3 aromatic heterocycles. The van der Waals surface area contributed by atoms with Gasteiger partial charge >= 0.3 is 0 Å². The van der Waals surface area contributed by atoms with Gasteiger partial charge in [-0.25, -0.2) is 13.8 Å². The number of H-pyrrole nitrogens is 1. The summed E-state index contributed by atoms with van der Waals surface area (Å²) in [5, 5.41) is 0.627. The standard InChI is InChI=1S/C22H15F2N3O4/c1-29-16-7-12-15(8-17(16)30-2)26-19(27-22(12)28)4-10-3-18-20(25-9-10)13-5-11(23)6-14(24)21(13)31-18/h3,5-9H,4H2,1-2H3,(H,26,27,28). The van der Waals surface area contributed by atoms with E-state index in [0.717, 1.165) is 6.07 Å². The molecule has 156 valence electrons. The quantitative estimate of drug-likeness (QED) is 0.468. The minimum absolute atomic E-state index is 0.0562. The highest BCUT2D eigenvalue weighted by atomic mass is 19.1. The average Bonchev–Trinajstić information content (AvgIpc) is 3.11. The number of fused-ring (bicyclic) bond motifs is 4. The molecule has 7 nitrogen and oxygen atoms in total. The monoisotopic (exact) mass is 423 g/mol. The summed E-state index contributed by atoms with van der Waals surface area (Å²) < 4.78 is 43.6. The van der Waals surface area contributed by atoms with Crippen LogP contribution in [0.15, 0.2) is 45.7 Å². The maximum atomic E-state index is 14.0. The van der Waals surface area contributed by atoms with Crippen molar-refractivity contribution in [2.75, 3.05) is 14.2 Å². The van der Waals surface area contributed by atoms with Crippen molar-refractivity contribution in [1.82, 2.24) is 15.0 Å². The van der Waals surface area contributed by atoms with Gasteiger partial charge in [-0.1, -0.05) is 0 Å². The molecule has 0 atom stereocenters. The minimum atomic E-state index is -0.792. The van der Waals surface area contributed by atoms with Crippen molar-refractivity contribution >= 4 is 33.0 Å². The molecule has 0 spiro atoms. The number of nitrogens with zero attached hydrogens (tertiary/aromatic N) is 2. The Hall–Kier alpha value is -4.01. The third-order valence-corrected chi connectivity index (χ3v) is 5.02. The highest BCUT2D eigenvalue weighted by Gasteiger charge is 2.16. The summed E-state index contributed by atoms with van der Waals surface area (Å²) in [4.78, 5) is 24.1. The number of halogens is 2. The number of hydrogen-bond donors (Lipinski definition) is 1. The molecule has 5 aromatic rings. The number of furan rings is 1. The zero-order valence-electron chi connectivity index (χ0n) is 16.5. The highest BCUT2D eigenvalue weighted by Crippen LogP contribution is 2.31. The van der Waals surface area contributed by atoms with Gasteiger partial charge in [0, 0.05) is 24.8 Å². The Morgan fingerprint density at radius 1 is 1.03 bits per heavy atom. The van der Waals surface area contributed by atoms with Gasteiger partial charge in [0.1, 0.15) is 17.2 Å². The minimum Gasteiger partial charge on any atom is -0.493 e. The van der Waals surface area contributed by atoms with E-state index in [0.29, 0.717) is 44.9 Å². The number of aromatic amines is 1. The lowest BCUT2D eigenvalue weighted by molar-refractivity contribution is 0.355. The van der Waals surface area contributed by atoms with Crippen LogP contribution >= 0.6 is 0 Å². The second-order valence-electron chi connectivity index (χ2n) is 6.97. The van der Waals surface area contributed by atoms with Gasteiger partial charge in [0.25, 0.3) is 5.56 Å². The van der Waals surface area contributed by atoms with Gasteiger partial charge in [0.05, 0.1) is 30.5 Å². The van der Waals surface area contributed by atoms with Crippen molar-refractivity contribution in [1.29, 1.82) is 0 Å². The Kier molecular flexibility index (Phi) is 4.32. The second-order valence-corrected chi connectivity index (χ2v) is 6.97. The molecule has 0 unspecified atom stereocenters. The average molecular weight is 423 g/mol. The lowest BCUT2D eigenvalue weighted by Gasteiger charge is -2.09. The van der Waals surface area contributed by atoms with E-state index in [2.05, 4.69) is 15.0 Å². The van der Waals surface area contributed by atoms with E-state index < -0.39 is 11.6 Å². The molecule has 0 amide bonds. The number of rotatable bonds is 4. The van der Waals surface area contributed by atoms with Crippen LogP contribution in [0.4, 0.5) is 8.78 Å². The SMILES string of the molecule is COc1cc2nc(Cc3cnc4c(c3)oc3c(F)cc(F)cc34)[nH]c(=O)c2cc1OC. The molecule has 3 heterocycles. The molecule has 1 N–H and O–H groups in total. The molecule has 0 radical (unpaired) electrons. The summed E-state index contributed by atoms with van der Waals surface area (Å²) in [7, 11) is 2.99. The van der Waals surface area contributed by atoms with Gasteiger partial charge in [-0.05, 0) is 23.8 Å². The number of aromatic nitrogens is 3. The van der Waals surface area contributed by atoms with Crippen LogP contribution in [0.1, 0.15) is 11.4 Å². The molecule has 0 aliphatic rings. The number of ether oxygens (including phenoxy) is 2. The van der Waals surface area contributed by atoms with Gasteiger partial charge in [0.15, 0.2) is 28.5 Å². The van der Waals surface area contributed by atoms with Crippen molar-refractivity contribution < 1.29 is 22.7 Å². The fourth-order valence-corrected chi connectivity index (χ4v) is 3.60. The number of nitrogens with one attached hydrogen (secondary N) is 1. The smallest absolute Gasteiger partial charge is 0.258 e. The molecule has 5 rings (SSSR count). The highest BCUT2D eigenvalue weighted by molar-refractivity contribution is 6.02. The first-order chi connectivity index (χ1) is 15.0. The van der Waals surface area contributed by atoms with Crippen molar-refractivity contribution in [3.05, 3.63) is 69.9 Å². The maximum Gasteiger partial charge on any atom is 0.258 e. The Morgan fingerprint density at radius 2 is 1.81 bits per heavy atom. The van der Waals surface area contributed by atoms with Crippen LogP contribution in [0, 0.1) is 11.6 Å². The van der Waals surface area contributed by atoms with E-state index in [9.17, 15) is 13.6 Å². The number of methoxy groups -OCH3 is 2. The van der Waals surface area contributed by atoms with Crippen LogP contribution in [0.5, 0.6) is 11.5 Å². The predicted octanol–water partition coefficient (Wildman–Crippen LogP) is 4.10. The molecular formula is C22H15F2N3O4. The van der Waals surface area contributed by atoms with Gasteiger partial charge in [-0.15, -0.1) is 0 Å². The Morgan fingerprint density at radius 3 is 2.58 bits per heavy atom. The predicted molar refractivity (Wildman–Crippen MR) is 110 cm³/mol.